The van der Waals surface area contributed by atoms with E-state index >= 15 is 0 Å². The number of rotatable bonds is 7. The lowest BCUT2D eigenvalue weighted by Gasteiger charge is -2.12. The number of hydrogen-bond donors (Lipinski definition) is 3. The minimum atomic E-state index is -1.06. The molecule has 6 nitrogen and oxygen atoms in total. The van der Waals surface area contributed by atoms with Gasteiger partial charge in [-0.1, -0.05) is 15.9 Å². The van der Waals surface area contributed by atoms with Crippen molar-refractivity contribution in [1.29, 1.82) is 0 Å². The van der Waals surface area contributed by atoms with Crippen molar-refractivity contribution in [3.8, 4) is 0 Å². The average molecular weight is 345 g/mol. The zero-order chi connectivity index (χ0) is 15.1. The van der Waals surface area contributed by atoms with Crippen molar-refractivity contribution < 1.29 is 19.4 Å². The molecule has 0 heterocycles. The number of carbonyl (C=O) groups is 2. The maximum atomic E-state index is 11.9. The zero-order valence-corrected chi connectivity index (χ0v) is 12.6. The van der Waals surface area contributed by atoms with Gasteiger partial charge in [-0.3, -0.25) is 4.79 Å². The molecule has 0 radical (unpaired) electrons. The lowest BCUT2D eigenvalue weighted by Crippen LogP contribution is -2.35. The van der Waals surface area contributed by atoms with Crippen molar-refractivity contribution in [1.82, 2.24) is 0 Å². The van der Waals surface area contributed by atoms with E-state index < -0.39 is 12.0 Å². The highest BCUT2D eigenvalue weighted by Crippen LogP contribution is 2.20. The number of carboxylic acid groups (broad SMARTS) is 1. The van der Waals surface area contributed by atoms with Crippen LogP contribution in [0.25, 0.3) is 0 Å². The smallest absolute Gasteiger partial charge is 0.335 e. The van der Waals surface area contributed by atoms with E-state index in [1.54, 1.807) is 13.2 Å². The van der Waals surface area contributed by atoms with Crippen LogP contribution in [0.2, 0.25) is 0 Å². The summed E-state index contributed by atoms with van der Waals surface area (Å²) < 4.78 is 5.46. The fourth-order valence-electron chi connectivity index (χ4n) is 1.60. The molecule has 1 unspecified atom stereocenters. The number of halogens is 1. The standard InChI is InChI=1S/C13H17BrN2O4/c1-20-4-2-3-11(15)12(17)16-10-6-8(13(18)19)5-9(14)7-10/h5-7,11H,2-4,15H2,1H3,(H,16,17)(H,18,19). The van der Waals surface area contributed by atoms with Crippen LogP contribution in [0.3, 0.4) is 0 Å². The topological polar surface area (TPSA) is 102 Å². The molecule has 1 atom stereocenters. The molecule has 7 heteroatoms. The third kappa shape index (κ3) is 5.28. The van der Waals surface area contributed by atoms with Crippen LogP contribution in [0.15, 0.2) is 22.7 Å². The van der Waals surface area contributed by atoms with Crippen molar-refractivity contribution in [2.75, 3.05) is 19.0 Å². The van der Waals surface area contributed by atoms with E-state index in [9.17, 15) is 9.59 Å². The fourth-order valence-corrected chi connectivity index (χ4v) is 2.09. The Morgan fingerprint density at radius 3 is 2.75 bits per heavy atom. The largest absolute Gasteiger partial charge is 0.478 e. The van der Waals surface area contributed by atoms with Crippen LogP contribution < -0.4 is 11.1 Å². The second-order valence-electron chi connectivity index (χ2n) is 4.26. The second kappa shape index (κ2) is 7.98. The number of methoxy groups -OCH3 is 1. The lowest BCUT2D eigenvalue weighted by atomic mass is 10.1. The van der Waals surface area contributed by atoms with Crippen molar-refractivity contribution in [3.05, 3.63) is 28.2 Å². The number of anilines is 1. The summed E-state index contributed by atoms with van der Waals surface area (Å²) in [4.78, 5) is 22.8. The molecule has 0 bridgehead atoms. The Morgan fingerprint density at radius 1 is 1.45 bits per heavy atom. The number of benzene rings is 1. The molecular formula is C13H17BrN2O4. The van der Waals surface area contributed by atoms with E-state index in [1.807, 2.05) is 0 Å². The summed E-state index contributed by atoms with van der Waals surface area (Å²) in [6.07, 6.45) is 1.18. The summed E-state index contributed by atoms with van der Waals surface area (Å²) in [6.45, 7) is 0.543. The monoisotopic (exact) mass is 344 g/mol. The SMILES string of the molecule is COCCCC(N)C(=O)Nc1cc(Br)cc(C(=O)O)c1. The van der Waals surface area contributed by atoms with Crippen LogP contribution in [0, 0.1) is 0 Å². The number of carboxylic acids is 1. The average Bonchev–Trinajstić information content (AvgIpc) is 2.38. The minimum Gasteiger partial charge on any atom is -0.478 e. The number of amides is 1. The highest BCUT2D eigenvalue weighted by molar-refractivity contribution is 9.10. The van der Waals surface area contributed by atoms with Gasteiger partial charge in [-0.05, 0) is 31.0 Å². The summed E-state index contributed by atoms with van der Waals surface area (Å²) in [5.41, 5.74) is 6.22. The van der Waals surface area contributed by atoms with Gasteiger partial charge in [0.1, 0.15) is 0 Å². The molecule has 1 aromatic carbocycles. The van der Waals surface area contributed by atoms with Crippen molar-refractivity contribution >= 4 is 33.5 Å². The summed E-state index contributed by atoms with van der Waals surface area (Å²) >= 11 is 3.20. The Morgan fingerprint density at radius 2 is 2.15 bits per heavy atom. The van der Waals surface area contributed by atoms with E-state index in [0.29, 0.717) is 29.6 Å². The highest BCUT2D eigenvalue weighted by Gasteiger charge is 2.14. The van der Waals surface area contributed by atoms with Crippen LogP contribution in [0.5, 0.6) is 0 Å². The maximum absolute atomic E-state index is 11.9. The number of aromatic carboxylic acids is 1. The molecule has 0 saturated carbocycles. The molecule has 0 aromatic heterocycles. The molecule has 0 spiro atoms. The predicted octanol–water partition coefficient (Wildman–Crippen LogP) is 1.84. The Kier molecular flexibility index (Phi) is 6.63. The van der Waals surface area contributed by atoms with E-state index in [-0.39, 0.29) is 11.5 Å². The van der Waals surface area contributed by atoms with Crippen molar-refractivity contribution in [3.63, 3.8) is 0 Å². The van der Waals surface area contributed by atoms with Gasteiger partial charge in [-0.2, -0.15) is 0 Å². The fraction of sp³-hybridized carbons (Fsp3) is 0.385. The van der Waals surface area contributed by atoms with Gasteiger partial charge in [0.15, 0.2) is 0 Å². The highest BCUT2D eigenvalue weighted by atomic mass is 79.9. The van der Waals surface area contributed by atoms with E-state index in [2.05, 4.69) is 21.2 Å². The molecular weight excluding hydrogens is 328 g/mol. The van der Waals surface area contributed by atoms with Gasteiger partial charge in [-0.25, -0.2) is 4.79 Å². The zero-order valence-electron chi connectivity index (χ0n) is 11.1. The Bertz CT molecular complexity index is 493. The normalized spacial score (nSPS) is 11.9. The third-order valence-electron chi connectivity index (χ3n) is 2.61. The predicted molar refractivity (Wildman–Crippen MR) is 78.8 cm³/mol. The molecule has 0 aliphatic carbocycles. The molecule has 4 N–H and O–H groups in total. The quantitative estimate of drug-likeness (QED) is 0.655. The van der Waals surface area contributed by atoms with Crippen molar-refractivity contribution in [2.24, 2.45) is 5.73 Å². The first-order chi connectivity index (χ1) is 9.43. The van der Waals surface area contributed by atoms with Crippen LogP contribution >= 0.6 is 15.9 Å². The first-order valence-corrected chi connectivity index (χ1v) is 6.82. The molecule has 0 aliphatic rings. The minimum absolute atomic E-state index is 0.0858. The van der Waals surface area contributed by atoms with Crippen LogP contribution in [0.1, 0.15) is 23.2 Å². The number of nitrogens with two attached hydrogens (primary N) is 1. The molecule has 1 aromatic rings. The van der Waals surface area contributed by atoms with Gasteiger partial charge in [0.25, 0.3) is 0 Å². The molecule has 110 valence electrons. The first kappa shape index (κ1) is 16.6. The van der Waals surface area contributed by atoms with Crippen LogP contribution in [-0.4, -0.2) is 36.7 Å². The molecule has 20 heavy (non-hydrogen) atoms. The van der Waals surface area contributed by atoms with Gasteiger partial charge >= 0.3 is 5.97 Å². The van der Waals surface area contributed by atoms with E-state index in [4.69, 9.17) is 15.6 Å². The van der Waals surface area contributed by atoms with Gasteiger partial charge in [-0.15, -0.1) is 0 Å². The number of nitrogens with one attached hydrogen (secondary N) is 1. The number of ether oxygens (including phenoxy) is 1. The van der Waals surface area contributed by atoms with Crippen LogP contribution in [-0.2, 0) is 9.53 Å². The second-order valence-corrected chi connectivity index (χ2v) is 5.18. The van der Waals surface area contributed by atoms with E-state index in [0.717, 1.165) is 0 Å². The maximum Gasteiger partial charge on any atom is 0.335 e. The molecule has 1 amide bonds. The Balaban J connectivity index is 2.67. The van der Waals surface area contributed by atoms with Crippen molar-refractivity contribution in [2.45, 2.75) is 18.9 Å². The third-order valence-corrected chi connectivity index (χ3v) is 3.07. The molecule has 0 saturated heterocycles. The first-order valence-electron chi connectivity index (χ1n) is 6.03. The summed E-state index contributed by atoms with van der Waals surface area (Å²) in [5, 5.41) is 11.6. The lowest BCUT2D eigenvalue weighted by molar-refractivity contribution is -0.117. The molecule has 1 rings (SSSR count). The summed E-state index contributed by atoms with van der Waals surface area (Å²) in [6, 6.07) is 3.80. The number of carbonyl (C=O) groups excluding carboxylic acids is 1. The molecule has 0 fully saturated rings. The Labute approximate surface area is 125 Å². The van der Waals surface area contributed by atoms with Crippen LogP contribution in [0.4, 0.5) is 5.69 Å². The summed E-state index contributed by atoms with van der Waals surface area (Å²) in [5.74, 6) is -1.42. The van der Waals surface area contributed by atoms with Gasteiger partial charge in [0.05, 0.1) is 11.6 Å². The Hall–Kier alpha value is -1.44. The number of hydrogen-bond acceptors (Lipinski definition) is 4. The van der Waals surface area contributed by atoms with Gasteiger partial charge in [0, 0.05) is 23.9 Å². The van der Waals surface area contributed by atoms with Gasteiger partial charge < -0.3 is 20.9 Å². The van der Waals surface area contributed by atoms with Gasteiger partial charge in [0.2, 0.25) is 5.91 Å². The van der Waals surface area contributed by atoms with E-state index in [1.165, 1.54) is 12.1 Å². The summed E-state index contributed by atoms with van der Waals surface area (Å²) in [7, 11) is 1.58. The molecule has 0 aliphatic heterocycles.